The summed E-state index contributed by atoms with van der Waals surface area (Å²) in [5.74, 6) is -0.366. The number of carbonyl (C=O) groups excluding carboxylic acids is 3. The minimum Gasteiger partial charge on any atom is -0.469 e. The Hall–Kier alpha value is -2.41. The van der Waals surface area contributed by atoms with Crippen LogP contribution in [0.3, 0.4) is 0 Å². The number of ether oxygens (including phenoxy) is 4. The molecular weight excluding hydrogens is 448 g/mol. The van der Waals surface area contributed by atoms with Gasteiger partial charge in [0.15, 0.2) is 0 Å². The van der Waals surface area contributed by atoms with E-state index in [1.807, 2.05) is 12.1 Å². The molecule has 1 saturated carbocycles. The first-order chi connectivity index (χ1) is 17.0. The highest BCUT2D eigenvalue weighted by molar-refractivity contribution is 5.76. The number of epoxide rings is 1. The van der Waals surface area contributed by atoms with E-state index in [0.717, 1.165) is 25.0 Å². The van der Waals surface area contributed by atoms with E-state index < -0.39 is 0 Å². The van der Waals surface area contributed by atoms with E-state index in [0.29, 0.717) is 57.0 Å². The van der Waals surface area contributed by atoms with Gasteiger partial charge < -0.3 is 18.9 Å². The number of rotatable bonds is 15. The zero-order chi connectivity index (χ0) is 24.9. The first kappa shape index (κ1) is 27.2. The van der Waals surface area contributed by atoms with Crippen molar-refractivity contribution in [1.29, 1.82) is 0 Å². The number of methoxy groups -OCH3 is 1. The molecule has 0 spiro atoms. The summed E-state index contributed by atoms with van der Waals surface area (Å²) in [7, 11) is 1.40. The van der Waals surface area contributed by atoms with Crippen LogP contribution in [0.1, 0.15) is 82.6 Å². The van der Waals surface area contributed by atoms with Crippen molar-refractivity contribution < 1.29 is 33.3 Å². The van der Waals surface area contributed by atoms with E-state index in [1.165, 1.54) is 39.2 Å². The summed E-state index contributed by atoms with van der Waals surface area (Å²) in [6.45, 7) is 1.30. The van der Waals surface area contributed by atoms with Gasteiger partial charge in [-0.25, -0.2) is 0 Å². The highest BCUT2D eigenvalue weighted by atomic mass is 16.6. The molecule has 1 aromatic rings. The van der Waals surface area contributed by atoms with Gasteiger partial charge in [-0.15, -0.1) is 0 Å². The summed E-state index contributed by atoms with van der Waals surface area (Å²) >= 11 is 0. The Balaban J connectivity index is 1.22. The average Bonchev–Trinajstić information content (AvgIpc) is 3.71. The first-order valence-electron chi connectivity index (χ1n) is 13.2. The Morgan fingerprint density at radius 1 is 0.857 bits per heavy atom. The van der Waals surface area contributed by atoms with Gasteiger partial charge in [0.25, 0.3) is 0 Å². The predicted molar refractivity (Wildman–Crippen MR) is 131 cm³/mol. The molecule has 35 heavy (non-hydrogen) atoms. The van der Waals surface area contributed by atoms with E-state index in [4.69, 9.17) is 18.9 Å². The third-order valence-electron chi connectivity index (χ3n) is 6.95. The van der Waals surface area contributed by atoms with Crippen LogP contribution in [0.15, 0.2) is 24.3 Å². The van der Waals surface area contributed by atoms with Crippen LogP contribution in [0.4, 0.5) is 0 Å². The van der Waals surface area contributed by atoms with Gasteiger partial charge in [0.1, 0.15) is 5.75 Å². The largest absolute Gasteiger partial charge is 0.469 e. The molecule has 3 rings (SSSR count). The van der Waals surface area contributed by atoms with Crippen molar-refractivity contribution in [3.63, 3.8) is 0 Å². The normalized spacial score (nSPS) is 21.2. The highest BCUT2D eigenvalue weighted by Crippen LogP contribution is 2.30. The SMILES string of the molecule is COC(=O)[C@H]1CC[C@H](C(=O)Oc2ccc(CCOC(=O)CCCCCCCCC3CO3)cc2)CC1. The molecule has 0 radical (unpaired) electrons. The van der Waals surface area contributed by atoms with Gasteiger partial charge in [0.05, 0.1) is 38.3 Å². The van der Waals surface area contributed by atoms with Gasteiger partial charge in [0.2, 0.25) is 0 Å². The molecule has 0 aromatic heterocycles. The average molecular weight is 489 g/mol. The molecule has 7 heteroatoms. The summed E-state index contributed by atoms with van der Waals surface area (Å²) in [5, 5.41) is 0. The van der Waals surface area contributed by atoms with Crippen LogP contribution in [0, 0.1) is 11.8 Å². The summed E-state index contributed by atoms with van der Waals surface area (Å²) < 4.78 is 20.9. The second kappa shape index (κ2) is 14.9. The lowest BCUT2D eigenvalue weighted by Crippen LogP contribution is -2.29. The lowest BCUT2D eigenvalue weighted by Gasteiger charge is -2.25. The number of hydrogen-bond donors (Lipinski definition) is 0. The molecule has 2 fully saturated rings. The van der Waals surface area contributed by atoms with Gasteiger partial charge in [-0.2, -0.15) is 0 Å². The molecule has 194 valence electrons. The highest BCUT2D eigenvalue weighted by Gasteiger charge is 2.31. The molecule has 1 aliphatic carbocycles. The second-order valence-electron chi connectivity index (χ2n) is 9.72. The molecule has 1 unspecified atom stereocenters. The van der Waals surface area contributed by atoms with Crippen LogP contribution < -0.4 is 4.74 Å². The van der Waals surface area contributed by atoms with Crippen molar-refractivity contribution in [2.75, 3.05) is 20.3 Å². The van der Waals surface area contributed by atoms with Crippen LogP contribution in [-0.2, 0) is 35.0 Å². The van der Waals surface area contributed by atoms with Crippen LogP contribution in [0.5, 0.6) is 5.75 Å². The Bertz CT molecular complexity index is 792. The topological polar surface area (TPSA) is 91.4 Å². The maximum absolute atomic E-state index is 12.4. The number of benzene rings is 1. The monoisotopic (exact) mass is 488 g/mol. The van der Waals surface area contributed by atoms with E-state index in [9.17, 15) is 14.4 Å². The number of esters is 3. The van der Waals surface area contributed by atoms with Crippen LogP contribution in [-0.4, -0.2) is 44.3 Å². The minimum absolute atomic E-state index is 0.111. The zero-order valence-electron chi connectivity index (χ0n) is 21.0. The molecule has 0 N–H and O–H groups in total. The molecule has 1 heterocycles. The molecule has 7 nitrogen and oxygen atoms in total. The fraction of sp³-hybridized carbons (Fsp3) is 0.679. The summed E-state index contributed by atoms with van der Waals surface area (Å²) in [6.07, 6.45) is 12.3. The molecule has 1 aromatic carbocycles. The van der Waals surface area contributed by atoms with Crippen LogP contribution in [0.2, 0.25) is 0 Å². The van der Waals surface area contributed by atoms with E-state index in [1.54, 1.807) is 12.1 Å². The van der Waals surface area contributed by atoms with Crippen molar-refractivity contribution in [1.82, 2.24) is 0 Å². The minimum atomic E-state index is -0.247. The first-order valence-corrected chi connectivity index (χ1v) is 13.2. The molecule has 1 saturated heterocycles. The Morgan fingerprint density at radius 3 is 2.09 bits per heavy atom. The lowest BCUT2D eigenvalue weighted by atomic mass is 9.82. The van der Waals surface area contributed by atoms with Gasteiger partial charge in [-0.05, 0) is 56.2 Å². The maximum Gasteiger partial charge on any atom is 0.314 e. The van der Waals surface area contributed by atoms with Gasteiger partial charge in [0, 0.05) is 12.8 Å². The van der Waals surface area contributed by atoms with Crippen molar-refractivity contribution >= 4 is 17.9 Å². The third kappa shape index (κ3) is 10.4. The molecule has 2 aliphatic rings. The van der Waals surface area contributed by atoms with E-state index in [-0.39, 0.29) is 29.7 Å². The molecule has 1 atom stereocenters. The lowest BCUT2D eigenvalue weighted by molar-refractivity contribution is -0.149. The van der Waals surface area contributed by atoms with Gasteiger partial charge in [-0.3, -0.25) is 14.4 Å². The van der Waals surface area contributed by atoms with Crippen molar-refractivity contribution in [3.8, 4) is 5.75 Å². The summed E-state index contributed by atoms with van der Waals surface area (Å²) in [5.41, 5.74) is 1.02. The summed E-state index contributed by atoms with van der Waals surface area (Å²) in [6, 6.07) is 7.32. The fourth-order valence-electron chi connectivity index (χ4n) is 4.59. The van der Waals surface area contributed by atoms with Crippen molar-refractivity contribution in [3.05, 3.63) is 29.8 Å². The maximum atomic E-state index is 12.4. The number of unbranched alkanes of at least 4 members (excludes halogenated alkanes) is 5. The van der Waals surface area contributed by atoms with Crippen molar-refractivity contribution in [2.24, 2.45) is 11.8 Å². The molecule has 1 aliphatic heterocycles. The third-order valence-corrected chi connectivity index (χ3v) is 6.95. The molecule has 0 bridgehead atoms. The molecular formula is C28H40O7. The summed E-state index contributed by atoms with van der Waals surface area (Å²) in [4.78, 5) is 36.0. The second-order valence-corrected chi connectivity index (χ2v) is 9.72. The Kier molecular flexibility index (Phi) is 11.5. The molecule has 0 amide bonds. The van der Waals surface area contributed by atoms with E-state index >= 15 is 0 Å². The van der Waals surface area contributed by atoms with Gasteiger partial charge >= 0.3 is 17.9 Å². The standard InChI is InChI=1S/C28H40O7/c1-32-27(30)22-12-14-23(15-13-22)28(31)35-24-16-10-21(11-17-24)18-19-33-26(29)9-7-5-3-2-4-6-8-25-20-34-25/h10-11,16-17,22-23,25H,2-9,12-15,18-20H2,1H3/t22-,23-,25?. The Labute approximate surface area is 208 Å². The number of hydrogen-bond acceptors (Lipinski definition) is 7. The zero-order valence-corrected chi connectivity index (χ0v) is 21.0. The number of carbonyl (C=O) groups is 3. The fourth-order valence-corrected chi connectivity index (χ4v) is 4.59. The van der Waals surface area contributed by atoms with Crippen LogP contribution in [0.25, 0.3) is 0 Å². The van der Waals surface area contributed by atoms with Crippen molar-refractivity contribution in [2.45, 2.75) is 89.6 Å². The quantitative estimate of drug-likeness (QED) is 0.145. The Morgan fingerprint density at radius 2 is 1.46 bits per heavy atom. The van der Waals surface area contributed by atoms with Crippen LogP contribution >= 0.6 is 0 Å². The smallest absolute Gasteiger partial charge is 0.314 e. The van der Waals surface area contributed by atoms with E-state index in [2.05, 4.69) is 0 Å². The van der Waals surface area contributed by atoms with Gasteiger partial charge in [-0.1, -0.05) is 44.2 Å². The predicted octanol–water partition coefficient (Wildman–Crippen LogP) is 5.18.